The van der Waals surface area contributed by atoms with E-state index < -0.39 is 78.1 Å². The number of carboxylic acid groups (broad SMARTS) is 1. The summed E-state index contributed by atoms with van der Waals surface area (Å²) >= 11 is 0. The summed E-state index contributed by atoms with van der Waals surface area (Å²) in [6.45, 7) is 5.17. The Balaban J connectivity index is 1.70. The summed E-state index contributed by atoms with van der Waals surface area (Å²) in [7, 11) is 0. The molecule has 9 nitrogen and oxygen atoms in total. The van der Waals surface area contributed by atoms with Crippen molar-refractivity contribution < 1.29 is 43.3 Å². The Bertz CT molecular complexity index is 704. The lowest BCUT2D eigenvalue weighted by atomic mass is 9.78. The van der Waals surface area contributed by atoms with E-state index in [2.05, 4.69) is 0 Å². The van der Waals surface area contributed by atoms with Gasteiger partial charge in [0.1, 0.15) is 23.8 Å². The second kappa shape index (κ2) is 6.61. The molecule has 1 heterocycles. The molecule has 6 unspecified atom stereocenters. The summed E-state index contributed by atoms with van der Waals surface area (Å²) in [5, 5.41) is 10.4. The average molecular weight is 381 g/mol. The van der Waals surface area contributed by atoms with Crippen LogP contribution in [0.2, 0.25) is 0 Å². The minimum Gasteiger partial charge on any atom is -0.542 e. The Morgan fingerprint density at radius 1 is 1.15 bits per heavy atom. The molecule has 148 valence electrons. The van der Waals surface area contributed by atoms with Gasteiger partial charge in [0.2, 0.25) is 0 Å². The minimum atomic E-state index is -1.86. The van der Waals surface area contributed by atoms with Crippen molar-refractivity contribution in [3.63, 3.8) is 0 Å². The van der Waals surface area contributed by atoms with E-state index >= 15 is 0 Å². The van der Waals surface area contributed by atoms with Crippen molar-refractivity contribution >= 4 is 29.7 Å². The highest BCUT2D eigenvalue weighted by atomic mass is 16.6. The number of carbonyl (C=O) groups is 5. The van der Waals surface area contributed by atoms with Gasteiger partial charge in [-0.3, -0.25) is 19.2 Å². The molecule has 0 aromatic carbocycles. The molecule has 1 saturated heterocycles. The van der Waals surface area contributed by atoms with Crippen LogP contribution in [0.5, 0.6) is 0 Å². The molecule has 0 amide bonds. The van der Waals surface area contributed by atoms with Crippen LogP contribution in [0.1, 0.15) is 40.0 Å². The number of aliphatic carboxylic acids is 1. The van der Waals surface area contributed by atoms with Gasteiger partial charge in [0.05, 0.1) is 18.3 Å². The van der Waals surface area contributed by atoms with Crippen LogP contribution in [0.4, 0.5) is 0 Å². The topological polar surface area (TPSA) is 136 Å². The maximum absolute atomic E-state index is 12.6. The quantitative estimate of drug-likeness (QED) is 0.327. The summed E-state index contributed by atoms with van der Waals surface area (Å²) < 4.78 is 16.1. The number of fused-ring (bicyclic) bond motifs is 1. The standard InChI is InChI=1S/C18H22O9/c1-18(2,3)27-17(24)12-8-6-7-11(12)16(23)26-14(7)13(8)25-10(20)5-4-9(19)15(21)22/h7-8,11-14H,4-6H2,1-3H3,(H,21,22)/p-1. The third-order valence-electron chi connectivity index (χ3n) is 5.28. The SMILES string of the molecule is CC(C)(C)OC(=O)C1C2CC3C(OC(=O)C31)C2OC(=O)CCC(=O)C(=O)[O-]. The molecule has 3 aliphatic rings. The molecule has 2 bridgehead atoms. The summed E-state index contributed by atoms with van der Waals surface area (Å²) in [4.78, 5) is 58.3. The molecule has 0 aromatic heterocycles. The molecule has 9 heteroatoms. The zero-order valence-electron chi connectivity index (χ0n) is 15.3. The van der Waals surface area contributed by atoms with Crippen LogP contribution in [0.25, 0.3) is 0 Å². The normalized spacial score (nSPS) is 33.5. The van der Waals surface area contributed by atoms with Gasteiger partial charge in [-0.2, -0.15) is 0 Å². The van der Waals surface area contributed by atoms with E-state index in [9.17, 15) is 29.1 Å². The van der Waals surface area contributed by atoms with Gasteiger partial charge in [-0.25, -0.2) is 0 Å². The number of esters is 3. The van der Waals surface area contributed by atoms with Crippen molar-refractivity contribution in [2.45, 2.75) is 57.8 Å². The Kier molecular flexibility index (Phi) is 4.73. The molecular formula is C18H21O9-. The van der Waals surface area contributed by atoms with E-state index in [1.165, 1.54) is 0 Å². The first-order chi connectivity index (χ1) is 12.5. The van der Waals surface area contributed by atoms with Gasteiger partial charge in [0, 0.05) is 18.3 Å². The van der Waals surface area contributed by atoms with Crippen molar-refractivity contribution in [3.05, 3.63) is 0 Å². The van der Waals surface area contributed by atoms with Gasteiger partial charge in [0.15, 0.2) is 5.78 Å². The van der Waals surface area contributed by atoms with Crippen molar-refractivity contribution in [1.82, 2.24) is 0 Å². The van der Waals surface area contributed by atoms with E-state index in [1.54, 1.807) is 20.8 Å². The molecule has 2 saturated carbocycles. The lowest BCUT2D eigenvalue weighted by Gasteiger charge is -2.32. The molecule has 3 rings (SSSR count). The Hall–Kier alpha value is -2.45. The molecule has 1 aliphatic heterocycles. The maximum atomic E-state index is 12.6. The summed E-state index contributed by atoms with van der Waals surface area (Å²) in [6.07, 6.45) is -1.89. The second-order valence-electron chi connectivity index (χ2n) is 8.22. The van der Waals surface area contributed by atoms with Crippen molar-refractivity contribution in [2.75, 3.05) is 0 Å². The first kappa shape index (κ1) is 19.3. The molecule has 0 aromatic rings. The van der Waals surface area contributed by atoms with Gasteiger partial charge < -0.3 is 24.1 Å². The first-order valence-electron chi connectivity index (χ1n) is 8.86. The fourth-order valence-electron chi connectivity index (χ4n) is 4.37. The van der Waals surface area contributed by atoms with Crippen LogP contribution in [0.15, 0.2) is 0 Å². The number of carbonyl (C=O) groups excluding carboxylic acids is 5. The highest BCUT2D eigenvalue weighted by molar-refractivity contribution is 6.31. The van der Waals surface area contributed by atoms with E-state index in [4.69, 9.17) is 14.2 Å². The molecule has 3 fully saturated rings. The van der Waals surface area contributed by atoms with Crippen LogP contribution in [-0.2, 0) is 38.2 Å². The number of Topliss-reactive ketones (excluding diaryl/α,β-unsaturated/α-hetero) is 1. The lowest BCUT2D eigenvalue weighted by Crippen LogP contribution is -2.45. The molecule has 6 atom stereocenters. The fraction of sp³-hybridized carbons (Fsp3) is 0.722. The van der Waals surface area contributed by atoms with Crippen molar-refractivity contribution in [1.29, 1.82) is 0 Å². The van der Waals surface area contributed by atoms with Crippen LogP contribution < -0.4 is 5.11 Å². The number of hydrogen-bond acceptors (Lipinski definition) is 9. The minimum absolute atomic E-state index is 0.220. The number of carboxylic acids is 1. The number of ether oxygens (including phenoxy) is 3. The van der Waals surface area contributed by atoms with Gasteiger partial charge >= 0.3 is 17.9 Å². The molecule has 2 aliphatic carbocycles. The molecule has 0 N–H and O–H groups in total. The Labute approximate surface area is 155 Å². The van der Waals surface area contributed by atoms with E-state index in [1.807, 2.05) is 0 Å². The summed E-state index contributed by atoms with van der Waals surface area (Å²) in [5.41, 5.74) is -0.724. The Morgan fingerprint density at radius 3 is 2.41 bits per heavy atom. The number of ketones is 1. The maximum Gasteiger partial charge on any atom is 0.310 e. The van der Waals surface area contributed by atoms with Crippen molar-refractivity contribution in [3.8, 4) is 0 Å². The van der Waals surface area contributed by atoms with Gasteiger partial charge in [-0.1, -0.05) is 0 Å². The highest BCUT2D eigenvalue weighted by Crippen LogP contribution is 2.59. The zero-order chi connectivity index (χ0) is 20.1. The predicted molar refractivity (Wildman–Crippen MR) is 83.4 cm³/mol. The number of rotatable bonds is 6. The van der Waals surface area contributed by atoms with E-state index in [-0.39, 0.29) is 5.92 Å². The molecule has 0 radical (unpaired) electrons. The van der Waals surface area contributed by atoms with E-state index in [0.717, 1.165) is 0 Å². The summed E-state index contributed by atoms with van der Waals surface area (Å²) in [5.74, 6) is -6.83. The van der Waals surface area contributed by atoms with Crippen LogP contribution >= 0.6 is 0 Å². The molecular weight excluding hydrogens is 360 g/mol. The van der Waals surface area contributed by atoms with Crippen LogP contribution in [0.3, 0.4) is 0 Å². The number of hydrogen-bond donors (Lipinski definition) is 0. The third kappa shape index (κ3) is 3.54. The van der Waals surface area contributed by atoms with E-state index in [0.29, 0.717) is 6.42 Å². The largest absolute Gasteiger partial charge is 0.542 e. The summed E-state index contributed by atoms with van der Waals surface area (Å²) in [6, 6.07) is 0. The molecule has 27 heavy (non-hydrogen) atoms. The highest BCUT2D eigenvalue weighted by Gasteiger charge is 2.70. The third-order valence-corrected chi connectivity index (χ3v) is 5.28. The van der Waals surface area contributed by atoms with Crippen molar-refractivity contribution in [2.24, 2.45) is 23.7 Å². The predicted octanol–water partition coefficient (Wildman–Crippen LogP) is -0.853. The first-order valence-corrected chi connectivity index (χ1v) is 8.86. The zero-order valence-corrected chi connectivity index (χ0v) is 15.3. The molecule has 0 spiro atoms. The average Bonchev–Trinajstić information content (AvgIpc) is 3.14. The van der Waals surface area contributed by atoms with Gasteiger partial charge in [-0.05, 0) is 27.2 Å². The van der Waals surface area contributed by atoms with Crippen LogP contribution in [0, 0.1) is 23.7 Å². The Morgan fingerprint density at radius 2 is 1.81 bits per heavy atom. The lowest BCUT2D eigenvalue weighted by molar-refractivity contribution is -0.300. The smallest absolute Gasteiger partial charge is 0.310 e. The van der Waals surface area contributed by atoms with Crippen LogP contribution in [-0.4, -0.2) is 47.5 Å². The fourth-order valence-corrected chi connectivity index (χ4v) is 4.37. The van der Waals surface area contributed by atoms with Gasteiger partial charge in [-0.15, -0.1) is 0 Å². The monoisotopic (exact) mass is 381 g/mol. The second-order valence-corrected chi connectivity index (χ2v) is 8.22. The van der Waals surface area contributed by atoms with Gasteiger partial charge in [0.25, 0.3) is 0 Å².